The van der Waals surface area contributed by atoms with Crippen LogP contribution in [0.15, 0.2) is 60.2 Å². The minimum Gasteiger partial charge on any atom is -0.478 e. The van der Waals surface area contributed by atoms with E-state index in [0.717, 1.165) is 11.3 Å². The number of rotatable bonds is 4. The number of carbonyl (C=O) groups excluding carboxylic acids is 1. The zero-order valence-electron chi connectivity index (χ0n) is 11.5. The Balaban J connectivity index is 2.10. The van der Waals surface area contributed by atoms with E-state index in [9.17, 15) is 9.59 Å². The van der Waals surface area contributed by atoms with E-state index in [2.05, 4.69) is 5.32 Å². The Kier molecular flexibility index (Phi) is 4.51. The predicted octanol–water partition coefficient (Wildman–Crippen LogP) is 3.43. The summed E-state index contributed by atoms with van der Waals surface area (Å²) in [6.45, 7) is 1.53. The standard InChI is InChI=1S/C17H15NO3/c1-12(17(20)21)11-13-7-9-14(10-8-13)16(19)18-15-5-3-2-4-6-15/h2-11H,1H3,(H,18,19)(H,20,21)/b12-11+. The van der Waals surface area contributed by atoms with E-state index in [1.807, 2.05) is 30.3 Å². The highest BCUT2D eigenvalue weighted by Crippen LogP contribution is 2.12. The summed E-state index contributed by atoms with van der Waals surface area (Å²) in [6.07, 6.45) is 1.56. The van der Waals surface area contributed by atoms with Gasteiger partial charge in [-0.25, -0.2) is 4.79 Å². The molecule has 0 fully saturated rings. The maximum atomic E-state index is 12.0. The molecule has 0 unspecified atom stereocenters. The van der Waals surface area contributed by atoms with Crippen molar-refractivity contribution in [3.05, 3.63) is 71.3 Å². The van der Waals surface area contributed by atoms with Crippen LogP contribution in [0.5, 0.6) is 0 Å². The quantitative estimate of drug-likeness (QED) is 0.844. The second-order valence-electron chi connectivity index (χ2n) is 4.57. The second kappa shape index (κ2) is 6.52. The monoisotopic (exact) mass is 281 g/mol. The Labute approximate surface area is 122 Å². The van der Waals surface area contributed by atoms with Crippen molar-refractivity contribution in [3.63, 3.8) is 0 Å². The van der Waals surface area contributed by atoms with Gasteiger partial charge in [-0.05, 0) is 42.8 Å². The lowest BCUT2D eigenvalue weighted by atomic mass is 10.1. The zero-order chi connectivity index (χ0) is 15.2. The number of carbonyl (C=O) groups is 2. The highest BCUT2D eigenvalue weighted by Gasteiger charge is 2.06. The first-order valence-electron chi connectivity index (χ1n) is 6.44. The van der Waals surface area contributed by atoms with Crippen LogP contribution in [0.1, 0.15) is 22.8 Å². The lowest BCUT2D eigenvalue weighted by Crippen LogP contribution is -2.11. The number of amides is 1. The molecule has 0 saturated carbocycles. The molecule has 2 aromatic carbocycles. The number of carboxylic acid groups (broad SMARTS) is 1. The molecule has 2 rings (SSSR count). The maximum Gasteiger partial charge on any atom is 0.331 e. The molecule has 4 nitrogen and oxygen atoms in total. The SMILES string of the molecule is C/C(=C\c1ccc(C(=O)Nc2ccccc2)cc1)C(=O)O. The van der Waals surface area contributed by atoms with Crippen LogP contribution in [-0.2, 0) is 4.79 Å². The molecule has 106 valence electrons. The molecule has 4 heteroatoms. The van der Waals surface area contributed by atoms with Gasteiger partial charge in [0.05, 0.1) is 0 Å². The maximum absolute atomic E-state index is 12.0. The number of benzene rings is 2. The number of aliphatic carboxylic acids is 1. The average Bonchev–Trinajstić information content (AvgIpc) is 2.48. The van der Waals surface area contributed by atoms with Gasteiger partial charge < -0.3 is 10.4 Å². The fourth-order valence-corrected chi connectivity index (χ4v) is 1.77. The summed E-state index contributed by atoms with van der Waals surface area (Å²) in [7, 11) is 0. The lowest BCUT2D eigenvalue weighted by Gasteiger charge is -2.05. The number of hydrogen-bond donors (Lipinski definition) is 2. The summed E-state index contributed by atoms with van der Waals surface area (Å²) in [5.41, 5.74) is 2.24. The fourth-order valence-electron chi connectivity index (χ4n) is 1.77. The molecule has 2 aromatic rings. The van der Waals surface area contributed by atoms with Crippen molar-refractivity contribution >= 4 is 23.6 Å². The molecule has 2 N–H and O–H groups in total. The van der Waals surface area contributed by atoms with E-state index < -0.39 is 5.97 Å². The van der Waals surface area contributed by atoms with E-state index >= 15 is 0 Å². The van der Waals surface area contributed by atoms with Gasteiger partial charge in [0, 0.05) is 16.8 Å². The first-order chi connectivity index (χ1) is 10.1. The normalized spacial score (nSPS) is 11.0. The first kappa shape index (κ1) is 14.5. The molecule has 0 aliphatic rings. The van der Waals surface area contributed by atoms with E-state index in [1.54, 1.807) is 30.3 Å². The van der Waals surface area contributed by atoms with Gasteiger partial charge in [-0.15, -0.1) is 0 Å². The Morgan fingerprint density at radius 3 is 2.19 bits per heavy atom. The fraction of sp³-hybridized carbons (Fsp3) is 0.0588. The van der Waals surface area contributed by atoms with Crippen molar-refractivity contribution in [3.8, 4) is 0 Å². The molecule has 1 amide bonds. The summed E-state index contributed by atoms with van der Waals surface area (Å²) in [5.74, 6) is -1.16. The van der Waals surface area contributed by atoms with E-state index in [4.69, 9.17) is 5.11 Å². The summed E-state index contributed by atoms with van der Waals surface area (Å²) >= 11 is 0. The topological polar surface area (TPSA) is 66.4 Å². The smallest absolute Gasteiger partial charge is 0.331 e. The third-order valence-corrected chi connectivity index (χ3v) is 2.93. The largest absolute Gasteiger partial charge is 0.478 e. The van der Waals surface area contributed by atoms with Gasteiger partial charge in [-0.2, -0.15) is 0 Å². The Morgan fingerprint density at radius 1 is 1.00 bits per heavy atom. The van der Waals surface area contributed by atoms with E-state index in [-0.39, 0.29) is 11.5 Å². The molecule has 0 bridgehead atoms. The van der Waals surface area contributed by atoms with Crippen LogP contribution in [0.3, 0.4) is 0 Å². The van der Waals surface area contributed by atoms with E-state index in [0.29, 0.717) is 5.56 Å². The van der Waals surface area contributed by atoms with Crippen LogP contribution < -0.4 is 5.32 Å². The first-order valence-corrected chi connectivity index (χ1v) is 6.44. The van der Waals surface area contributed by atoms with Gasteiger partial charge in [0.2, 0.25) is 0 Å². The van der Waals surface area contributed by atoms with Gasteiger partial charge in [-0.1, -0.05) is 30.3 Å². The van der Waals surface area contributed by atoms with Crippen molar-refractivity contribution in [2.24, 2.45) is 0 Å². The summed E-state index contributed by atoms with van der Waals surface area (Å²) in [5, 5.41) is 11.6. The third-order valence-electron chi connectivity index (χ3n) is 2.93. The van der Waals surface area contributed by atoms with Crippen LogP contribution in [0.2, 0.25) is 0 Å². The van der Waals surface area contributed by atoms with Crippen LogP contribution in [0, 0.1) is 0 Å². The van der Waals surface area contributed by atoms with Gasteiger partial charge in [0.15, 0.2) is 0 Å². The number of para-hydroxylation sites is 1. The highest BCUT2D eigenvalue weighted by molar-refractivity contribution is 6.04. The van der Waals surface area contributed by atoms with Gasteiger partial charge in [0.1, 0.15) is 0 Å². The van der Waals surface area contributed by atoms with E-state index in [1.165, 1.54) is 6.92 Å². The highest BCUT2D eigenvalue weighted by atomic mass is 16.4. The minimum atomic E-state index is -0.958. The Hall–Kier alpha value is -2.88. The molecular formula is C17H15NO3. The Bertz CT molecular complexity index is 673. The van der Waals surface area contributed by atoms with Gasteiger partial charge >= 0.3 is 5.97 Å². The molecule has 0 saturated heterocycles. The van der Waals surface area contributed by atoms with Gasteiger partial charge in [-0.3, -0.25) is 4.79 Å². The molecule has 0 aliphatic carbocycles. The minimum absolute atomic E-state index is 0.202. The number of hydrogen-bond acceptors (Lipinski definition) is 2. The zero-order valence-corrected chi connectivity index (χ0v) is 11.5. The molecular weight excluding hydrogens is 266 g/mol. The van der Waals surface area contributed by atoms with Crippen molar-refractivity contribution in [2.75, 3.05) is 5.32 Å². The second-order valence-corrected chi connectivity index (χ2v) is 4.57. The summed E-state index contributed by atoms with van der Waals surface area (Å²) < 4.78 is 0. The average molecular weight is 281 g/mol. The molecule has 0 aliphatic heterocycles. The number of anilines is 1. The molecule has 0 radical (unpaired) electrons. The molecule has 0 spiro atoms. The van der Waals surface area contributed by atoms with Crippen molar-refractivity contribution < 1.29 is 14.7 Å². The van der Waals surface area contributed by atoms with Crippen LogP contribution in [-0.4, -0.2) is 17.0 Å². The van der Waals surface area contributed by atoms with Crippen molar-refractivity contribution in [1.82, 2.24) is 0 Å². The summed E-state index contributed by atoms with van der Waals surface area (Å²) in [6, 6.07) is 15.9. The molecule has 21 heavy (non-hydrogen) atoms. The van der Waals surface area contributed by atoms with Crippen LogP contribution >= 0.6 is 0 Å². The third kappa shape index (κ3) is 4.04. The molecule has 0 atom stereocenters. The van der Waals surface area contributed by atoms with Gasteiger partial charge in [0.25, 0.3) is 5.91 Å². The van der Waals surface area contributed by atoms with Crippen LogP contribution in [0.4, 0.5) is 5.69 Å². The molecule has 0 aromatic heterocycles. The Morgan fingerprint density at radius 2 is 1.62 bits per heavy atom. The predicted molar refractivity (Wildman–Crippen MR) is 82.1 cm³/mol. The lowest BCUT2D eigenvalue weighted by molar-refractivity contribution is -0.132. The van der Waals surface area contributed by atoms with Crippen molar-refractivity contribution in [1.29, 1.82) is 0 Å². The summed E-state index contributed by atoms with van der Waals surface area (Å²) in [4.78, 5) is 22.8. The molecule has 0 heterocycles. The number of carboxylic acids is 1. The van der Waals surface area contributed by atoms with Crippen LogP contribution in [0.25, 0.3) is 6.08 Å². The number of nitrogens with one attached hydrogen (secondary N) is 1. The van der Waals surface area contributed by atoms with Crippen molar-refractivity contribution in [2.45, 2.75) is 6.92 Å².